The van der Waals surface area contributed by atoms with Gasteiger partial charge in [0.25, 0.3) is 0 Å². The Hall–Kier alpha value is -0.940. The van der Waals surface area contributed by atoms with Crippen molar-refractivity contribution in [3.8, 4) is 0 Å². The van der Waals surface area contributed by atoms with Crippen LogP contribution in [0.4, 0.5) is 0 Å². The lowest BCUT2D eigenvalue weighted by Crippen LogP contribution is -2.42. The van der Waals surface area contributed by atoms with E-state index < -0.39 is 0 Å². The normalized spacial score (nSPS) is 37.3. The van der Waals surface area contributed by atoms with Gasteiger partial charge in [0.05, 0.1) is 18.6 Å². The molecule has 2 aliphatic rings. The zero-order chi connectivity index (χ0) is 15.0. The van der Waals surface area contributed by atoms with Crippen LogP contribution in [0, 0.1) is 11.8 Å². The smallest absolute Gasteiger partial charge is 0.236 e. The van der Waals surface area contributed by atoms with Crippen molar-refractivity contribution in [3.05, 3.63) is 11.7 Å². The van der Waals surface area contributed by atoms with E-state index in [-0.39, 0.29) is 11.5 Å². The molecule has 1 aromatic rings. The molecular formula is C16H27N3O2. The van der Waals surface area contributed by atoms with Crippen LogP contribution >= 0.6 is 0 Å². The summed E-state index contributed by atoms with van der Waals surface area (Å²) in [7, 11) is 0. The summed E-state index contributed by atoms with van der Waals surface area (Å²) in [5.41, 5.74) is 5.80. The van der Waals surface area contributed by atoms with Gasteiger partial charge in [-0.15, -0.1) is 0 Å². The highest BCUT2D eigenvalue weighted by Gasteiger charge is 2.44. The quantitative estimate of drug-likeness (QED) is 0.927. The highest BCUT2D eigenvalue weighted by atomic mass is 16.5. The third-order valence-electron chi connectivity index (χ3n) is 5.53. The van der Waals surface area contributed by atoms with Crippen LogP contribution in [0.15, 0.2) is 4.52 Å². The fourth-order valence-corrected chi connectivity index (χ4v) is 3.59. The van der Waals surface area contributed by atoms with Crippen LogP contribution < -0.4 is 5.73 Å². The van der Waals surface area contributed by atoms with Gasteiger partial charge in [0, 0.05) is 12.0 Å². The van der Waals surface area contributed by atoms with Crippen LogP contribution in [0.5, 0.6) is 0 Å². The predicted octanol–water partition coefficient (Wildman–Crippen LogP) is 2.61. The molecule has 5 heteroatoms. The fraction of sp³-hybridized carbons (Fsp3) is 0.875. The summed E-state index contributed by atoms with van der Waals surface area (Å²) in [5.74, 6) is 3.58. The summed E-state index contributed by atoms with van der Waals surface area (Å²) >= 11 is 0. The maximum atomic E-state index is 6.13. The number of aromatic nitrogens is 2. The lowest BCUT2D eigenvalue weighted by Gasteiger charge is -2.29. The molecule has 2 N–H and O–H groups in total. The molecule has 1 aliphatic heterocycles. The number of hydrogen-bond acceptors (Lipinski definition) is 5. The molecule has 0 bridgehead atoms. The molecule has 1 saturated heterocycles. The topological polar surface area (TPSA) is 74.2 Å². The SMILES string of the molecule is CC(C)C1CCC(c2noc(C3(C)COCC3N)n2)CC1. The molecule has 0 radical (unpaired) electrons. The molecule has 0 aromatic carbocycles. The lowest BCUT2D eigenvalue weighted by atomic mass is 9.77. The van der Waals surface area contributed by atoms with Crippen molar-refractivity contribution in [1.29, 1.82) is 0 Å². The minimum atomic E-state index is -0.333. The zero-order valence-corrected chi connectivity index (χ0v) is 13.3. The van der Waals surface area contributed by atoms with Gasteiger partial charge >= 0.3 is 0 Å². The minimum Gasteiger partial charge on any atom is -0.379 e. The van der Waals surface area contributed by atoms with E-state index in [1.807, 2.05) is 0 Å². The standard InChI is InChI=1S/C16H27N3O2/c1-10(2)11-4-6-12(7-5-11)14-18-15(21-19-14)16(3)9-20-8-13(16)17/h10-13H,4-9,17H2,1-3H3. The first-order valence-electron chi connectivity index (χ1n) is 8.18. The van der Waals surface area contributed by atoms with Crippen LogP contribution in [0.2, 0.25) is 0 Å². The molecule has 2 atom stereocenters. The highest BCUT2D eigenvalue weighted by Crippen LogP contribution is 2.38. The lowest BCUT2D eigenvalue weighted by molar-refractivity contribution is 0.169. The van der Waals surface area contributed by atoms with Crippen LogP contribution in [0.3, 0.4) is 0 Å². The van der Waals surface area contributed by atoms with Gasteiger partial charge in [-0.05, 0) is 44.4 Å². The molecule has 2 fully saturated rings. The Morgan fingerprint density at radius 3 is 2.52 bits per heavy atom. The van der Waals surface area contributed by atoms with Crippen molar-refractivity contribution >= 4 is 0 Å². The van der Waals surface area contributed by atoms with Crippen molar-refractivity contribution in [2.45, 2.75) is 63.8 Å². The second-order valence-corrected chi connectivity index (χ2v) is 7.35. The van der Waals surface area contributed by atoms with E-state index in [1.54, 1.807) is 0 Å². The summed E-state index contributed by atoms with van der Waals surface area (Å²) in [6.45, 7) is 7.82. The van der Waals surface area contributed by atoms with Gasteiger partial charge in [0.1, 0.15) is 0 Å². The number of nitrogens with two attached hydrogens (primary N) is 1. The second-order valence-electron chi connectivity index (χ2n) is 7.35. The van der Waals surface area contributed by atoms with Crippen molar-refractivity contribution in [2.24, 2.45) is 17.6 Å². The summed E-state index contributed by atoms with van der Waals surface area (Å²) in [4.78, 5) is 4.67. The molecule has 2 heterocycles. The van der Waals surface area contributed by atoms with Gasteiger partial charge in [-0.1, -0.05) is 19.0 Å². The molecular weight excluding hydrogens is 266 g/mol. The van der Waals surface area contributed by atoms with E-state index in [0.29, 0.717) is 25.0 Å². The Morgan fingerprint density at radius 1 is 1.24 bits per heavy atom. The predicted molar refractivity (Wildman–Crippen MR) is 80.0 cm³/mol. The van der Waals surface area contributed by atoms with Gasteiger partial charge in [-0.3, -0.25) is 0 Å². The molecule has 1 aliphatic carbocycles. The monoisotopic (exact) mass is 293 g/mol. The van der Waals surface area contributed by atoms with Crippen LogP contribution in [-0.4, -0.2) is 29.4 Å². The molecule has 0 amide bonds. The Balaban J connectivity index is 1.69. The average Bonchev–Trinajstić information content (AvgIpc) is 3.08. The van der Waals surface area contributed by atoms with E-state index in [0.717, 1.165) is 17.7 Å². The van der Waals surface area contributed by atoms with Crippen molar-refractivity contribution in [3.63, 3.8) is 0 Å². The molecule has 2 unspecified atom stereocenters. The summed E-state index contributed by atoms with van der Waals surface area (Å²) in [6, 6.07) is -0.0672. The van der Waals surface area contributed by atoms with Gasteiger partial charge in [-0.25, -0.2) is 0 Å². The first-order chi connectivity index (χ1) is 10.0. The first kappa shape index (κ1) is 15.0. The number of ether oxygens (including phenoxy) is 1. The van der Waals surface area contributed by atoms with E-state index in [1.165, 1.54) is 25.7 Å². The second kappa shape index (κ2) is 5.69. The summed E-state index contributed by atoms with van der Waals surface area (Å²) < 4.78 is 11.0. The van der Waals surface area contributed by atoms with Gasteiger partial charge in [-0.2, -0.15) is 4.98 Å². The molecule has 21 heavy (non-hydrogen) atoms. The Bertz CT molecular complexity index is 480. The van der Waals surface area contributed by atoms with Crippen molar-refractivity contribution < 1.29 is 9.26 Å². The van der Waals surface area contributed by atoms with Crippen molar-refractivity contribution in [1.82, 2.24) is 10.1 Å². The van der Waals surface area contributed by atoms with Crippen LogP contribution in [-0.2, 0) is 10.2 Å². The summed E-state index contributed by atoms with van der Waals surface area (Å²) in [5, 5.41) is 4.24. The Kier molecular flexibility index (Phi) is 4.06. The van der Waals surface area contributed by atoms with E-state index >= 15 is 0 Å². The summed E-state index contributed by atoms with van der Waals surface area (Å²) in [6.07, 6.45) is 4.88. The van der Waals surface area contributed by atoms with Gasteiger partial charge < -0.3 is 15.0 Å². The zero-order valence-electron chi connectivity index (χ0n) is 13.3. The number of nitrogens with zero attached hydrogens (tertiary/aromatic N) is 2. The average molecular weight is 293 g/mol. The Labute approximate surface area is 126 Å². The largest absolute Gasteiger partial charge is 0.379 e. The van der Waals surface area contributed by atoms with Crippen LogP contribution in [0.1, 0.15) is 64.1 Å². The van der Waals surface area contributed by atoms with Gasteiger partial charge in [0.2, 0.25) is 5.89 Å². The maximum Gasteiger partial charge on any atom is 0.236 e. The fourth-order valence-electron chi connectivity index (χ4n) is 3.59. The van der Waals surface area contributed by atoms with Crippen LogP contribution in [0.25, 0.3) is 0 Å². The molecule has 5 nitrogen and oxygen atoms in total. The molecule has 3 rings (SSSR count). The highest BCUT2D eigenvalue weighted by molar-refractivity contribution is 5.12. The maximum absolute atomic E-state index is 6.13. The number of rotatable bonds is 3. The van der Waals surface area contributed by atoms with E-state index in [2.05, 4.69) is 30.9 Å². The minimum absolute atomic E-state index is 0.0672. The molecule has 1 saturated carbocycles. The third-order valence-corrected chi connectivity index (χ3v) is 5.53. The number of hydrogen-bond donors (Lipinski definition) is 1. The first-order valence-corrected chi connectivity index (χ1v) is 8.18. The molecule has 0 spiro atoms. The molecule has 118 valence electrons. The third kappa shape index (κ3) is 2.73. The van der Waals surface area contributed by atoms with Crippen molar-refractivity contribution in [2.75, 3.05) is 13.2 Å². The molecule has 1 aromatic heterocycles. The van der Waals surface area contributed by atoms with E-state index in [4.69, 9.17) is 15.0 Å². The van der Waals surface area contributed by atoms with E-state index in [9.17, 15) is 0 Å². The Morgan fingerprint density at radius 2 is 1.95 bits per heavy atom. The van der Waals surface area contributed by atoms with Gasteiger partial charge in [0.15, 0.2) is 5.82 Å².